The molecule has 0 radical (unpaired) electrons. The summed E-state index contributed by atoms with van der Waals surface area (Å²) < 4.78 is 26.0. The van der Waals surface area contributed by atoms with Crippen molar-refractivity contribution in [2.75, 3.05) is 20.2 Å². The predicted octanol–water partition coefficient (Wildman–Crippen LogP) is 3.07. The third kappa shape index (κ3) is 3.13. The van der Waals surface area contributed by atoms with Crippen LogP contribution >= 0.6 is 0 Å². The molecule has 2 aliphatic rings. The Morgan fingerprint density at radius 2 is 2.27 bits per heavy atom. The number of methoxy groups -OCH3 is 1. The molecule has 0 spiro atoms. The Bertz CT molecular complexity index is 1160. The highest BCUT2D eigenvalue weighted by molar-refractivity contribution is 6.15. The molecular formula is C22H21FN4O3. The van der Waals surface area contributed by atoms with Crippen molar-refractivity contribution in [2.45, 2.75) is 19.0 Å². The van der Waals surface area contributed by atoms with Gasteiger partial charge in [0.2, 0.25) is 5.78 Å². The van der Waals surface area contributed by atoms with Gasteiger partial charge in [-0.1, -0.05) is 0 Å². The molecule has 1 fully saturated rings. The maximum atomic E-state index is 14.4. The molecule has 2 N–H and O–H groups in total. The molecule has 154 valence electrons. The van der Waals surface area contributed by atoms with Gasteiger partial charge in [-0.2, -0.15) is 5.10 Å². The van der Waals surface area contributed by atoms with E-state index in [9.17, 15) is 9.18 Å². The van der Waals surface area contributed by atoms with E-state index in [1.165, 1.54) is 0 Å². The van der Waals surface area contributed by atoms with Crippen molar-refractivity contribution in [1.29, 1.82) is 0 Å². The van der Waals surface area contributed by atoms with E-state index >= 15 is 0 Å². The van der Waals surface area contributed by atoms with E-state index in [0.717, 1.165) is 23.9 Å². The number of piperidine rings is 1. The highest BCUT2D eigenvalue weighted by Crippen LogP contribution is 2.42. The van der Waals surface area contributed by atoms with Gasteiger partial charge in [-0.15, -0.1) is 0 Å². The summed E-state index contributed by atoms with van der Waals surface area (Å²) in [6.45, 7) is 1.11. The fraction of sp³-hybridized carbons (Fsp3) is 0.318. The van der Waals surface area contributed by atoms with Crippen LogP contribution in [0, 0.1) is 5.92 Å². The molecule has 2 aliphatic heterocycles. The summed E-state index contributed by atoms with van der Waals surface area (Å²) in [5, 5.41) is 11.0. The number of carbonyl (C=O) groups is 1. The van der Waals surface area contributed by atoms with E-state index < -0.39 is 6.17 Å². The maximum Gasteiger partial charge on any atom is 0.232 e. The van der Waals surface area contributed by atoms with Crippen molar-refractivity contribution in [3.05, 3.63) is 53.0 Å². The van der Waals surface area contributed by atoms with Crippen molar-refractivity contribution >= 4 is 22.9 Å². The van der Waals surface area contributed by atoms with Gasteiger partial charge in [0.15, 0.2) is 11.4 Å². The van der Waals surface area contributed by atoms with Crippen LogP contribution in [0.1, 0.15) is 28.0 Å². The van der Waals surface area contributed by atoms with Crippen LogP contribution in [0.2, 0.25) is 0 Å². The first-order chi connectivity index (χ1) is 14.7. The second kappa shape index (κ2) is 7.53. The molecule has 8 heteroatoms. The minimum atomic E-state index is -0.950. The highest BCUT2D eigenvalue weighted by Gasteiger charge is 2.34. The first-order valence-corrected chi connectivity index (χ1v) is 9.93. The number of ether oxygens (including phenoxy) is 2. The van der Waals surface area contributed by atoms with E-state index in [0.29, 0.717) is 41.4 Å². The van der Waals surface area contributed by atoms with Crippen LogP contribution in [0.4, 0.5) is 4.39 Å². The number of carbonyl (C=O) groups excluding carboxylic acids is 1. The zero-order valence-electron chi connectivity index (χ0n) is 16.4. The van der Waals surface area contributed by atoms with Crippen LogP contribution in [0.5, 0.6) is 11.5 Å². The molecule has 3 aromatic rings. The molecule has 2 atom stereocenters. The number of hydrogen-bond acceptors (Lipinski definition) is 6. The zero-order valence-corrected chi connectivity index (χ0v) is 16.4. The van der Waals surface area contributed by atoms with E-state index in [4.69, 9.17) is 9.47 Å². The lowest BCUT2D eigenvalue weighted by Gasteiger charge is -2.27. The van der Waals surface area contributed by atoms with Crippen LogP contribution in [0.3, 0.4) is 0 Å². The lowest BCUT2D eigenvalue weighted by Crippen LogP contribution is -2.38. The second-order valence-corrected chi connectivity index (χ2v) is 7.54. The molecule has 1 saturated heterocycles. The number of alkyl halides is 1. The number of pyridine rings is 1. The lowest BCUT2D eigenvalue weighted by molar-refractivity contribution is 0.101. The average molecular weight is 408 g/mol. The molecule has 2 aromatic heterocycles. The number of hydrogen-bond donors (Lipinski definition) is 2. The Morgan fingerprint density at radius 3 is 3.10 bits per heavy atom. The number of rotatable bonds is 4. The van der Waals surface area contributed by atoms with Crippen molar-refractivity contribution in [1.82, 2.24) is 20.5 Å². The fourth-order valence-corrected chi connectivity index (χ4v) is 4.15. The summed E-state index contributed by atoms with van der Waals surface area (Å²) in [6.07, 6.45) is 3.50. The molecule has 7 nitrogen and oxygen atoms in total. The Hall–Kier alpha value is -3.26. The Balaban J connectivity index is 1.52. The summed E-state index contributed by atoms with van der Waals surface area (Å²) in [6, 6.07) is 7.13. The number of aromatic amines is 1. The normalized spacial score (nSPS) is 22.3. The SMILES string of the molecule is COc1ccc2c(c1CC1CCNCC1F)OC(=Cc1n[nH]c3ncccc13)C2=O. The first-order valence-electron chi connectivity index (χ1n) is 9.93. The average Bonchev–Trinajstić information content (AvgIpc) is 3.32. The van der Waals surface area contributed by atoms with Crippen molar-refractivity contribution in [3.8, 4) is 11.5 Å². The largest absolute Gasteiger partial charge is 0.496 e. The van der Waals surface area contributed by atoms with Crippen LogP contribution in [-0.2, 0) is 6.42 Å². The molecule has 30 heavy (non-hydrogen) atoms. The van der Waals surface area contributed by atoms with Crippen LogP contribution in [0.25, 0.3) is 17.1 Å². The third-order valence-electron chi connectivity index (χ3n) is 5.76. The Morgan fingerprint density at radius 1 is 1.37 bits per heavy atom. The number of fused-ring (bicyclic) bond motifs is 2. The topological polar surface area (TPSA) is 89.1 Å². The number of nitrogens with zero attached hydrogens (tertiary/aromatic N) is 2. The zero-order chi connectivity index (χ0) is 20.7. The molecule has 5 rings (SSSR count). The van der Waals surface area contributed by atoms with Gasteiger partial charge < -0.3 is 14.8 Å². The van der Waals surface area contributed by atoms with E-state index in [1.54, 1.807) is 37.6 Å². The van der Waals surface area contributed by atoms with Gasteiger partial charge in [0.1, 0.15) is 17.7 Å². The van der Waals surface area contributed by atoms with Gasteiger partial charge in [0.25, 0.3) is 0 Å². The molecule has 0 bridgehead atoms. The van der Waals surface area contributed by atoms with Crippen LogP contribution < -0.4 is 14.8 Å². The Labute approximate surface area is 172 Å². The van der Waals surface area contributed by atoms with Crippen molar-refractivity contribution in [2.24, 2.45) is 5.92 Å². The van der Waals surface area contributed by atoms with Gasteiger partial charge in [0, 0.05) is 29.8 Å². The van der Waals surface area contributed by atoms with Gasteiger partial charge in [-0.3, -0.25) is 9.89 Å². The smallest absolute Gasteiger partial charge is 0.232 e. The molecule has 2 unspecified atom stereocenters. The summed E-state index contributed by atoms with van der Waals surface area (Å²) in [7, 11) is 1.57. The molecular weight excluding hydrogens is 387 g/mol. The van der Waals surface area contributed by atoms with Crippen molar-refractivity contribution < 1.29 is 18.7 Å². The molecule has 0 saturated carbocycles. The van der Waals surface area contributed by atoms with Crippen LogP contribution in [-0.4, -0.2) is 47.3 Å². The first kappa shape index (κ1) is 18.7. The quantitative estimate of drug-likeness (QED) is 0.645. The third-order valence-corrected chi connectivity index (χ3v) is 5.76. The molecule has 0 aliphatic carbocycles. The number of aromatic nitrogens is 3. The lowest BCUT2D eigenvalue weighted by atomic mass is 9.88. The number of allylic oxidation sites excluding steroid dienone is 1. The number of Topliss-reactive ketones (excluding diaryl/α,β-unsaturated/α-hetero) is 1. The minimum absolute atomic E-state index is 0.153. The predicted molar refractivity (Wildman–Crippen MR) is 109 cm³/mol. The standard InChI is InChI=1S/C22H21FN4O3/c1-29-18-5-4-14-20(28)19(10-17-13-3-2-7-25-22(13)27-26-17)30-21(14)15(18)9-12-6-8-24-11-16(12)23/h2-5,7,10,12,16,24H,6,8-9,11H2,1H3,(H,25,26,27). The number of H-pyrrole nitrogens is 1. The molecule has 4 heterocycles. The summed E-state index contributed by atoms with van der Waals surface area (Å²) in [4.78, 5) is 17.2. The summed E-state index contributed by atoms with van der Waals surface area (Å²) >= 11 is 0. The summed E-state index contributed by atoms with van der Waals surface area (Å²) in [5.41, 5.74) is 2.40. The second-order valence-electron chi connectivity index (χ2n) is 7.54. The number of benzene rings is 1. The van der Waals surface area contributed by atoms with Gasteiger partial charge in [-0.05, 0) is 49.6 Å². The highest BCUT2D eigenvalue weighted by atomic mass is 19.1. The van der Waals surface area contributed by atoms with E-state index in [-0.39, 0.29) is 17.5 Å². The van der Waals surface area contributed by atoms with E-state index in [1.807, 2.05) is 6.07 Å². The minimum Gasteiger partial charge on any atom is -0.496 e. The van der Waals surface area contributed by atoms with Gasteiger partial charge in [0.05, 0.1) is 18.4 Å². The number of ketones is 1. The Kier molecular flexibility index (Phi) is 4.71. The van der Waals surface area contributed by atoms with Gasteiger partial charge in [-0.25, -0.2) is 9.37 Å². The fourth-order valence-electron chi connectivity index (χ4n) is 4.15. The maximum absolute atomic E-state index is 14.4. The van der Waals surface area contributed by atoms with Gasteiger partial charge >= 0.3 is 0 Å². The monoisotopic (exact) mass is 408 g/mol. The molecule has 1 aromatic carbocycles. The van der Waals surface area contributed by atoms with Crippen LogP contribution in [0.15, 0.2) is 36.2 Å². The number of halogens is 1. The molecule has 0 amide bonds. The van der Waals surface area contributed by atoms with Crippen molar-refractivity contribution in [3.63, 3.8) is 0 Å². The summed E-state index contributed by atoms with van der Waals surface area (Å²) in [5.74, 6) is 0.854. The number of nitrogens with one attached hydrogen (secondary N) is 2. The van der Waals surface area contributed by atoms with E-state index in [2.05, 4.69) is 20.5 Å².